The van der Waals surface area contributed by atoms with E-state index in [1.54, 1.807) is 0 Å². The van der Waals surface area contributed by atoms with Crippen LogP contribution in [-0.2, 0) is 25.5 Å². The van der Waals surface area contributed by atoms with E-state index >= 15 is 0 Å². The number of benzene rings is 1. The maximum Gasteiger partial charge on any atom is 0.334 e. The fourth-order valence-electron chi connectivity index (χ4n) is 3.19. The summed E-state index contributed by atoms with van der Waals surface area (Å²) in [5.74, 6) is -1.72. The van der Waals surface area contributed by atoms with Gasteiger partial charge in [-0.25, -0.2) is 4.79 Å². The molecular weight excluding hydrogens is 338 g/mol. The van der Waals surface area contributed by atoms with Crippen molar-refractivity contribution in [3.63, 3.8) is 0 Å². The van der Waals surface area contributed by atoms with Crippen LogP contribution in [0.2, 0.25) is 0 Å². The Hall–Kier alpha value is -2.87. The summed E-state index contributed by atoms with van der Waals surface area (Å²) >= 11 is 0. The number of para-hydroxylation sites is 1. The van der Waals surface area contributed by atoms with Gasteiger partial charge in [-0.1, -0.05) is 18.2 Å². The monoisotopic (exact) mass is 359 g/mol. The average Bonchev–Trinajstić information content (AvgIpc) is 3.03. The molecule has 1 aromatic carbocycles. The molecule has 3 N–H and O–H groups in total. The highest BCUT2D eigenvalue weighted by molar-refractivity contribution is 5.89. The molecule has 2 unspecified atom stereocenters. The van der Waals surface area contributed by atoms with E-state index in [9.17, 15) is 14.4 Å². The van der Waals surface area contributed by atoms with Gasteiger partial charge in [0.25, 0.3) is 0 Å². The SMILES string of the molecule is CC(=O)NC(Cc1c[nH]c2ccccc12)C(=O)N1CCOC(C(=O)O)C1. The number of morpholine rings is 1. The van der Waals surface area contributed by atoms with Crippen LogP contribution in [0, 0.1) is 0 Å². The molecule has 1 saturated heterocycles. The number of carboxylic acid groups (broad SMARTS) is 1. The molecule has 0 bridgehead atoms. The predicted molar refractivity (Wildman–Crippen MR) is 93.6 cm³/mol. The highest BCUT2D eigenvalue weighted by Crippen LogP contribution is 2.20. The lowest BCUT2D eigenvalue weighted by Crippen LogP contribution is -2.55. The van der Waals surface area contributed by atoms with Crippen molar-refractivity contribution in [3.05, 3.63) is 36.0 Å². The van der Waals surface area contributed by atoms with Crippen LogP contribution in [0.3, 0.4) is 0 Å². The van der Waals surface area contributed by atoms with Gasteiger partial charge >= 0.3 is 5.97 Å². The molecule has 2 atom stereocenters. The average molecular weight is 359 g/mol. The zero-order chi connectivity index (χ0) is 18.7. The molecule has 2 heterocycles. The van der Waals surface area contributed by atoms with Crippen molar-refractivity contribution >= 4 is 28.7 Å². The third-order valence-electron chi connectivity index (χ3n) is 4.43. The maximum absolute atomic E-state index is 12.9. The molecule has 2 aromatic rings. The molecule has 3 rings (SSSR count). The second-order valence-electron chi connectivity index (χ2n) is 6.30. The summed E-state index contributed by atoms with van der Waals surface area (Å²) in [5, 5.41) is 12.8. The summed E-state index contributed by atoms with van der Waals surface area (Å²) in [6.45, 7) is 1.78. The molecule has 8 heteroatoms. The smallest absolute Gasteiger partial charge is 0.334 e. The van der Waals surface area contributed by atoms with E-state index < -0.39 is 18.1 Å². The van der Waals surface area contributed by atoms with Crippen molar-refractivity contribution in [1.29, 1.82) is 0 Å². The van der Waals surface area contributed by atoms with Gasteiger partial charge in [0.2, 0.25) is 11.8 Å². The van der Waals surface area contributed by atoms with E-state index in [0.717, 1.165) is 16.5 Å². The van der Waals surface area contributed by atoms with E-state index in [2.05, 4.69) is 10.3 Å². The van der Waals surface area contributed by atoms with E-state index in [-0.39, 0.29) is 25.0 Å². The first-order valence-electron chi connectivity index (χ1n) is 8.41. The Bertz CT molecular complexity index is 831. The number of H-pyrrole nitrogens is 1. The molecule has 0 radical (unpaired) electrons. The van der Waals surface area contributed by atoms with Gasteiger partial charge in [-0.05, 0) is 11.6 Å². The van der Waals surface area contributed by atoms with Gasteiger partial charge < -0.3 is 25.0 Å². The number of nitrogens with one attached hydrogen (secondary N) is 2. The first-order valence-corrected chi connectivity index (χ1v) is 8.41. The topological polar surface area (TPSA) is 112 Å². The number of amides is 2. The lowest BCUT2D eigenvalue weighted by molar-refractivity contribution is -0.160. The van der Waals surface area contributed by atoms with Gasteiger partial charge in [-0.2, -0.15) is 0 Å². The van der Waals surface area contributed by atoms with Crippen molar-refractivity contribution in [1.82, 2.24) is 15.2 Å². The maximum atomic E-state index is 12.9. The molecule has 1 aromatic heterocycles. The summed E-state index contributed by atoms with van der Waals surface area (Å²) in [5.41, 5.74) is 1.87. The highest BCUT2D eigenvalue weighted by atomic mass is 16.5. The van der Waals surface area contributed by atoms with Gasteiger partial charge in [-0.3, -0.25) is 9.59 Å². The Labute approximate surface area is 150 Å². The molecule has 1 aliphatic rings. The van der Waals surface area contributed by atoms with Crippen molar-refractivity contribution in [2.24, 2.45) is 0 Å². The van der Waals surface area contributed by atoms with Crippen LogP contribution in [0.1, 0.15) is 12.5 Å². The van der Waals surface area contributed by atoms with Crippen molar-refractivity contribution < 1.29 is 24.2 Å². The Morgan fingerprint density at radius 2 is 2.15 bits per heavy atom. The molecule has 1 aliphatic heterocycles. The fourth-order valence-corrected chi connectivity index (χ4v) is 3.19. The van der Waals surface area contributed by atoms with Crippen LogP contribution in [0.4, 0.5) is 0 Å². The number of aromatic nitrogens is 1. The van der Waals surface area contributed by atoms with Gasteiger partial charge in [0.15, 0.2) is 6.10 Å². The van der Waals surface area contributed by atoms with E-state index in [1.165, 1.54) is 11.8 Å². The predicted octanol–water partition coefficient (Wildman–Crippen LogP) is 0.527. The number of nitrogens with zero attached hydrogens (tertiary/aromatic N) is 1. The Balaban J connectivity index is 1.80. The highest BCUT2D eigenvalue weighted by Gasteiger charge is 2.33. The van der Waals surface area contributed by atoms with Crippen LogP contribution < -0.4 is 5.32 Å². The van der Waals surface area contributed by atoms with E-state index in [0.29, 0.717) is 13.0 Å². The summed E-state index contributed by atoms with van der Waals surface area (Å²) in [6, 6.07) is 6.95. The molecule has 1 fully saturated rings. The molecule has 0 spiro atoms. The molecule has 26 heavy (non-hydrogen) atoms. The number of rotatable bonds is 5. The minimum atomic E-state index is -1.10. The largest absolute Gasteiger partial charge is 0.479 e. The van der Waals surface area contributed by atoms with Crippen LogP contribution >= 0.6 is 0 Å². The van der Waals surface area contributed by atoms with Gasteiger partial charge in [0.05, 0.1) is 13.2 Å². The van der Waals surface area contributed by atoms with Gasteiger partial charge in [0, 0.05) is 37.0 Å². The third kappa shape index (κ3) is 3.85. The van der Waals surface area contributed by atoms with Crippen molar-refractivity contribution in [2.45, 2.75) is 25.5 Å². The number of carbonyl (C=O) groups is 3. The lowest BCUT2D eigenvalue weighted by atomic mass is 10.0. The number of ether oxygens (including phenoxy) is 1. The molecule has 8 nitrogen and oxygen atoms in total. The quantitative estimate of drug-likeness (QED) is 0.721. The number of aromatic amines is 1. The number of aliphatic carboxylic acids is 1. The van der Waals surface area contributed by atoms with Crippen molar-refractivity contribution in [2.75, 3.05) is 19.7 Å². The summed E-state index contributed by atoms with van der Waals surface area (Å²) in [7, 11) is 0. The number of carboxylic acids is 1. The summed E-state index contributed by atoms with van der Waals surface area (Å²) < 4.78 is 5.16. The zero-order valence-electron chi connectivity index (χ0n) is 14.4. The van der Waals surface area contributed by atoms with Crippen molar-refractivity contribution in [3.8, 4) is 0 Å². The zero-order valence-corrected chi connectivity index (χ0v) is 14.4. The van der Waals surface area contributed by atoms with Crippen LogP contribution in [-0.4, -0.2) is 64.6 Å². The summed E-state index contributed by atoms with van der Waals surface area (Å²) in [6.07, 6.45) is 1.10. The molecule has 138 valence electrons. The second kappa shape index (κ2) is 7.57. The molecule has 2 amide bonds. The first-order chi connectivity index (χ1) is 12.5. The normalized spacial score (nSPS) is 18.5. The Kier molecular flexibility index (Phi) is 5.22. The third-order valence-corrected chi connectivity index (χ3v) is 4.43. The fraction of sp³-hybridized carbons (Fsp3) is 0.389. The minimum Gasteiger partial charge on any atom is -0.479 e. The Morgan fingerprint density at radius 1 is 1.38 bits per heavy atom. The second-order valence-corrected chi connectivity index (χ2v) is 6.30. The lowest BCUT2D eigenvalue weighted by Gasteiger charge is -2.33. The molecular formula is C18H21N3O5. The minimum absolute atomic E-state index is 0.0296. The first kappa shape index (κ1) is 17.9. The van der Waals surface area contributed by atoms with Gasteiger partial charge in [0.1, 0.15) is 6.04 Å². The number of hydrogen-bond donors (Lipinski definition) is 3. The number of fused-ring (bicyclic) bond motifs is 1. The standard InChI is InChI=1S/C18H21N3O5/c1-11(22)20-15(8-12-9-19-14-5-3-2-4-13(12)14)17(23)21-6-7-26-16(10-21)18(24)25/h2-5,9,15-16,19H,6-8,10H2,1H3,(H,20,22)(H,24,25). The van der Waals surface area contributed by atoms with E-state index in [1.807, 2.05) is 30.5 Å². The Morgan fingerprint density at radius 3 is 2.88 bits per heavy atom. The number of hydrogen-bond acceptors (Lipinski definition) is 4. The van der Waals surface area contributed by atoms with Crippen LogP contribution in [0.5, 0.6) is 0 Å². The molecule has 0 aliphatic carbocycles. The van der Waals surface area contributed by atoms with E-state index in [4.69, 9.17) is 9.84 Å². The van der Waals surface area contributed by atoms with Crippen LogP contribution in [0.25, 0.3) is 10.9 Å². The van der Waals surface area contributed by atoms with Gasteiger partial charge in [-0.15, -0.1) is 0 Å². The van der Waals surface area contributed by atoms with Crippen LogP contribution in [0.15, 0.2) is 30.5 Å². The number of carbonyl (C=O) groups excluding carboxylic acids is 2. The molecule has 0 saturated carbocycles. The summed E-state index contributed by atoms with van der Waals surface area (Å²) in [4.78, 5) is 40.2.